The summed E-state index contributed by atoms with van der Waals surface area (Å²) in [4.78, 5) is 72.2. The molecule has 0 spiro atoms. The maximum absolute atomic E-state index is 13.0. The molecule has 0 aromatic heterocycles. The topological polar surface area (TPSA) is 237 Å². The largest absolute Gasteiger partial charge is 0.472 e. The van der Waals surface area contributed by atoms with Gasteiger partial charge >= 0.3 is 39.5 Å². The van der Waals surface area contributed by atoms with E-state index in [-0.39, 0.29) is 25.7 Å². The van der Waals surface area contributed by atoms with Crippen molar-refractivity contribution in [3.05, 3.63) is 0 Å². The number of hydrogen-bond acceptors (Lipinski definition) is 15. The van der Waals surface area contributed by atoms with Crippen molar-refractivity contribution in [1.29, 1.82) is 0 Å². The lowest BCUT2D eigenvalue weighted by Gasteiger charge is -2.21. The van der Waals surface area contributed by atoms with Crippen LogP contribution in [0.15, 0.2) is 0 Å². The number of aliphatic hydroxyl groups is 1. The summed E-state index contributed by atoms with van der Waals surface area (Å²) in [6, 6.07) is 0. The van der Waals surface area contributed by atoms with Crippen LogP contribution in [0.2, 0.25) is 0 Å². The number of rotatable bonds is 63. The zero-order valence-electron chi connectivity index (χ0n) is 55.2. The molecular formula is C66H128O17P2. The average molecular weight is 1260 g/mol. The molecule has 5 atom stereocenters. The SMILES string of the molecule is CC(C)CCCCCCCCCCCCCCCCCC(=O)O[C@H](COC(=O)CCCCCCCCC(C)C)COP(=O)(O)OC[C@@H](O)COP(=O)(O)OC[C@@H](COC(=O)CCCCCCCCC(C)C)OC(=O)CCCCCCCCC(C)C. The average Bonchev–Trinajstić information content (AvgIpc) is 3.64. The number of carbonyl (C=O) groups is 4. The van der Waals surface area contributed by atoms with Crippen molar-refractivity contribution >= 4 is 39.5 Å². The lowest BCUT2D eigenvalue weighted by molar-refractivity contribution is -0.161. The third-order valence-corrected chi connectivity index (χ3v) is 17.0. The van der Waals surface area contributed by atoms with Gasteiger partial charge in [0.25, 0.3) is 0 Å². The maximum atomic E-state index is 13.0. The van der Waals surface area contributed by atoms with E-state index in [2.05, 4.69) is 55.4 Å². The summed E-state index contributed by atoms with van der Waals surface area (Å²) in [5, 5.41) is 10.5. The van der Waals surface area contributed by atoms with E-state index in [1.54, 1.807) is 0 Å². The molecule has 504 valence electrons. The van der Waals surface area contributed by atoms with E-state index >= 15 is 0 Å². The zero-order chi connectivity index (χ0) is 63.2. The lowest BCUT2D eigenvalue weighted by atomic mass is 10.0. The van der Waals surface area contributed by atoms with Gasteiger partial charge in [0.15, 0.2) is 12.2 Å². The number of carbonyl (C=O) groups excluding carboxylic acids is 4. The van der Waals surface area contributed by atoms with E-state index in [0.29, 0.717) is 43.4 Å². The van der Waals surface area contributed by atoms with Crippen LogP contribution in [0.1, 0.15) is 319 Å². The van der Waals surface area contributed by atoms with Crippen LogP contribution in [0.5, 0.6) is 0 Å². The predicted octanol–water partition coefficient (Wildman–Crippen LogP) is 18.1. The van der Waals surface area contributed by atoms with Gasteiger partial charge in [0, 0.05) is 25.7 Å². The highest BCUT2D eigenvalue weighted by atomic mass is 31.2. The fourth-order valence-electron chi connectivity index (χ4n) is 9.78. The van der Waals surface area contributed by atoms with Crippen LogP contribution in [0, 0.1) is 23.7 Å². The smallest absolute Gasteiger partial charge is 0.462 e. The standard InChI is InChI=1S/C66H128O17P2/c1-56(2)42-34-26-18-16-14-12-10-9-11-13-15-17-19-32-40-48-65(70)82-61(52-76-63(68)46-38-30-23-20-27-35-43-57(3)4)54-80-84(72,73)78-50-60(67)51-79-85(74,75)81-55-62(83-66(71)49-41-33-25-22-29-37-45-59(7)8)53-77-64(69)47-39-31-24-21-28-36-44-58(5)6/h56-62,67H,9-55H2,1-8H3,(H,72,73)(H,74,75)/t60-,61-,62-/m1/s1. The highest BCUT2D eigenvalue weighted by molar-refractivity contribution is 7.47. The molecule has 0 aromatic carbocycles. The maximum Gasteiger partial charge on any atom is 0.472 e. The molecule has 0 aromatic rings. The number of aliphatic hydroxyl groups excluding tert-OH is 1. The van der Waals surface area contributed by atoms with Crippen LogP contribution in [-0.4, -0.2) is 96.7 Å². The van der Waals surface area contributed by atoms with Gasteiger partial charge in [0.1, 0.15) is 19.3 Å². The number of ether oxygens (including phenoxy) is 4. The van der Waals surface area contributed by atoms with Gasteiger partial charge in [0.05, 0.1) is 26.4 Å². The molecule has 0 aliphatic rings. The van der Waals surface area contributed by atoms with E-state index in [4.69, 9.17) is 37.0 Å². The van der Waals surface area contributed by atoms with Crippen LogP contribution in [0.3, 0.4) is 0 Å². The molecule has 0 heterocycles. The van der Waals surface area contributed by atoms with E-state index in [9.17, 15) is 43.2 Å². The molecule has 85 heavy (non-hydrogen) atoms. The van der Waals surface area contributed by atoms with Crippen LogP contribution < -0.4 is 0 Å². The number of hydrogen-bond donors (Lipinski definition) is 3. The van der Waals surface area contributed by atoms with Gasteiger partial charge < -0.3 is 33.8 Å². The first-order chi connectivity index (χ1) is 40.6. The third kappa shape index (κ3) is 60.7. The molecule has 0 aliphatic heterocycles. The Hall–Kier alpha value is -1.94. The monoisotopic (exact) mass is 1250 g/mol. The number of phosphoric ester groups is 2. The predicted molar refractivity (Wildman–Crippen MR) is 340 cm³/mol. The van der Waals surface area contributed by atoms with Crippen molar-refractivity contribution in [3.8, 4) is 0 Å². The molecular weight excluding hydrogens is 1130 g/mol. The number of esters is 4. The minimum atomic E-state index is -4.95. The summed E-state index contributed by atoms with van der Waals surface area (Å²) in [7, 11) is -9.89. The Labute approximate surface area is 517 Å². The Kier molecular flexibility index (Phi) is 54.8. The second-order valence-electron chi connectivity index (χ2n) is 25.8. The Balaban J connectivity index is 5.17. The van der Waals surface area contributed by atoms with Crippen molar-refractivity contribution in [2.75, 3.05) is 39.6 Å². The molecule has 17 nitrogen and oxygen atoms in total. The van der Waals surface area contributed by atoms with E-state index in [1.807, 2.05) is 0 Å². The highest BCUT2D eigenvalue weighted by Crippen LogP contribution is 2.45. The Morgan fingerprint density at radius 3 is 0.729 bits per heavy atom. The van der Waals surface area contributed by atoms with Crippen molar-refractivity contribution in [1.82, 2.24) is 0 Å². The molecule has 2 unspecified atom stereocenters. The van der Waals surface area contributed by atoms with Crippen LogP contribution in [0.4, 0.5) is 0 Å². The van der Waals surface area contributed by atoms with Gasteiger partial charge in [-0.25, -0.2) is 9.13 Å². The van der Waals surface area contributed by atoms with Crippen molar-refractivity contribution in [2.24, 2.45) is 23.7 Å². The second kappa shape index (κ2) is 56.1. The first-order valence-electron chi connectivity index (χ1n) is 34.2. The van der Waals surface area contributed by atoms with Crippen molar-refractivity contribution < 1.29 is 80.2 Å². The van der Waals surface area contributed by atoms with Crippen molar-refractivity contribution in [2.45, 2.75) is 337 Å². The first kappa shape index (κ1) is 83.1. The Morgan fingerprint density at radius 1 is 0.294 bits per heavy atom. The van der Waals surface area contributed by atoms with Crippen molar-refractivity contribution in [3.63, 3.8) is 0 Å². The molecule has 0 amide bonds. The molecule has 3 N–H and O–H groups in total. The summed E-state index contributed by atoms with van der Waals surface area (Å²) in [6.07, 6.45) is 36.8. The van der Waals surface area contributed by atoms with Gasteiger partial charge in [0.2, 0.25) is 0 Å². The molecule has 0 radical (unpaired) electrons. The molecule has 19 heteroatoms. The molecule has 0 fully saturated rings. The van der Waals surface area contributed by atoms with Crippen LogP contribution in [-0.2, 0) is 65.4 Å². The fourth-order valence-corrected chi connectivity index (χ4v) is 11.4. The first-order valence-corrected chi connectivity index (χ1v) is 37.2. The summed E-state index contributed by atoms with van der Waals surface area (Å²) >= 11 is 0. The molecule has 0 bridgehead atoms. The van der Waals surface area contributed by atoms with Gasteiger partial charge in [-0.15, -0.1) is 0 Å². The molecule has 0 saturated heterocycles. The van der Waals surface area contributed by atoms with Crippen LogP contribution >= 0.6 is 15.6 Å². The quantitative estimate of drug-likeness (QED) is 0.0222. The van der Waals surface area contributed by atoms with E-state index in [1.165, 1.54) is 109 Å². The van der Waals surface area contributed by atoms with Crippen LogP contribution in [0.25, 0.3) is 0 Å². The minimum Gasteiger partial charge on any atom is -0.462 e. The Morgan fingerprint density at radius 2 is 0.494 bits per heavy atom. The summed E-state index contributed by atoms with van der Waals surface area (Å²) < 4.78 is 68.0. The normalized spacial score (nSPS) is 14.4. The number of phosphoric acid groups is 2. The number of unbranched alkanes of at least 4 members (excludes halogenated alkanes) is 29. The van der Waals surface area contributed by atoms with Gasteiger partial charge in [-0.3, -0.25) is 37.3 Å². The third-order valence-electron chi connectivity index (χ3n) is 15.1. The molecule has 0 aliphatic carbocycles. The summed E-state index contributed by atoms with van der Waals surface area (Å²) in [5.74, 6) is 0.688. The fraction of sp³-hybridized carbons (Fsp3) is 0.939. The second-order valence-corrected chi connectivity index (χ2v) is 28.7. The summed E-state index contributed by atoms with van der Waals surface area (Å²) in [6.45, 7) is 13.9. The summed E-state index contributed by atoms with van der Waals surface area (Å²) in [5.41, 5.74) is 0. The molecule has 0 saturated carbocycles. The van der Waals surface area contributed by atoms with Gasteiger partial charge in [-0.1, -0.05) is 267 Å². The molecule has 0 rings (SSSR count). The van der Waals surface area contributed by atoms with Gasteiger partial charge in [-0.2, -0.15) is 0 Å². The minimum absolute atomic E-state index is 0.100. The van der Waals surface area contributed by atoms with Gasteiger partial charge in [-0.05, 0) is 49.4 Å². The van der Waals surface area contributed by atoms with E-state index in [0.717, 1.165) is 109 Å². The highest BCUT2D eigenvalue weighted by Gasteiger charge is 2.30. The zero-order valence-corrected chi connectivity index (χ0v) is 57.0. The van der Waals surface area contributed by atoms with E-state index < -0.39 is 97.5 Å². The lowest BCUT2D eigenvalue weighted by Crippen LogP contribution is -2.30. The Bertz CT molecular complexity index is 1700.